The average molecular weight is 451 g/mol. The van der Waals surface area contributed by atoms with Crippen LogP contribution in [0.1, 0.15) is 44.7 Å². The zero-order valence-electron chi connectivity index (χ0n) is 18.9. The number of amides is 1. The van der Waals surface area contributed by atoms with Gasteiger partial charge in [0.05, 0.1) is 6.04 Å². The van der Waals surface area contributed by atoms with E-state index in [1.165, 1.54) is 11.1 Å². The number of rotatable bonds is 6. The molecule has 2 heterocycles. The molecule has 1 saturated heterocycles. The summed E-state index contributed by atoms with van der Waals surface area (Å²) in [4.78, 5) is 18.6. The average Bonchev–Trinajstić information content (AvgIpc) is 3.45. The first-order valence-electron chi connectivity index (χ1n) is 11.1. The number of benzene rings is 2. The van der Waals surface area contributed by atoms with Crippen LogP contribution in [0.2, 0.25) is 0 Å². The first-order chi connectivity index (χ1) is 15.4. The van der Waals surface area contributed by atoms with Crippen molar-refractivity contribution in [2.24, 2.45) is 0 Å². The molecule has 0 aliphatic carbocycles. The van der Waals surface area contributed by atoms with Gasteiger partial charge in [0.15, 0.2) is 0 Å². The van der Waals surface area contributed by atoms with E-state index in [-0.39, 0.29) is 12.1 Å². The first kappa shape index (κ1) is 22.3. The van der Waals surface area contributed by atoms with Gasteiger partial charge in [-0.3, -0.25) is 0 Å². The molecule has 0 spiro atoms. The second-order valence-corrected chi connectivity index (χ2v) is 10.0. The Labute approximate surface area is 194 Å². The van der Waals surface area contributed by atoms with Crippen LogP contribution in [0.15, 0.2) is 60.1 Å². The van der Waals surface area contributed by atoms with Crippen molar-refractivity contribution in [3.8, 4) is 16.3 Å². The molecule has 1 aromatic heterocycles. The van der Waals surface area contributed by atoms with Crippen LogP contribution in [-0.4, -0.2) is 40.8 Å². The lowest BCUT2D eigenvalue weighted by Crippen LogP contribution is -2.42. The molecular formula is C26H30N2O3S. The van der Waals surface area contributed by atoms with Crippen LogP contribution in [0.25, 0.3) is 10.6 Å². The third kappa shape index (κ3) is 5.88. The summed E-state index contributed by atoms with van der Waals surface area (Å²) >= 11 is 1.65. The highest BCUT2D eigenvalue weighted by Crippen LogP contribution is 2.24. The van der Waals surface area contributed by atoms with Crippen molar-refractivity contribution in [3.05, 3.63) is 71.2 Å². The summed E-state index contributed by atoms with van der Waals surface area (Å²) < 4.78 is 11.5. The molecule has 2 aromatic carbocycles. The van der Waals surface area contributed by atoms with Crippen molar-refractivity contribution in [3.63, 3.8) is 0 Å². The number of carbonyl (C=O) groups is 1. The van der Waals surface area contributed by atoms with E-state index in [4.69, 9.17) is 9.47 Å². The molecule has 6 heteroatoms. The predicted molar refractivity (Wildman–Crippen MR) is 128 cm³/mol. The van der Waals surface area contributed by atoms with E-state index < -0.39 is 5.60 Å². The monoisotopic (exact) mass is 450 g/mol. The minimum Gasteiger partial charge on any atom is -0.491 e. The second kappa shape index (κ2) is 9.74. The minimum absolute atomic E-state index is 0.0564. The summed E-state index contributed by atoms with van der Waals surface area (Å²) in [7, 11) is 0. The lowest BCUT2D eigenvalue weighted by molar-refractivity contribution is 0.0187. The summed E-state index contributed by atoms with van der Waals surface area (Å²) in [6.07, 6.45) is 4.37. The number of aromatic nitrogens is 1. The number of hydrogen-bond donors (Lipinski definition) is 0. The number of ether oxygens (including phenoxy) is 2. The Morgan fingerprint density at radius 3 is 2.41 bits per heavy atom. The first-order valence-corrected chi connectivity index (χ1v) is 12.0. The molecule has 1 aliphatic rings. The van der Waals surface area contributed by atoms with Gasteiger partial charge < -0.3 is 14.4 Å². The Morgan fingerprint density at radius 2 is 1.78 bits per heavy atom. The second-order valence-electron chi connectivity index (χ2n) is 9.14. The van der Waals surface area contributed by atoms with Gasteiger partial charge in [0.2, 0.25) is 0 Å². The van der Waals surface area contributed by atoms with Gasteiger partial charge in [-0.1, -0.05) is 36.4 Å². The smallest absolute Gasteiger partial charge is 0.410 e. The summed E-state index contributed by atoms with van der Waals surface area (Å²) in [5.74, 6) is 0.823. The van der Waals surface area contributed by atoms with E-state index in [0.29, 0.717) is 6.61 Å². The van der Waals surface area contributed by atoms with E-state index in [2.05, 4.69) is 41.4 Å². The molecule has 3 aromatic rings. The highest BCUT2D eigenvalue weighted by molar-refractivity contribution is 7.13. The lowest BCUT2D eigenvalue weighted by atomic mass is 10.0. The van der Waals surface area contributed by atoms with Gasteiger partial charge in [-0.05, 0) is 63.3 Å². The topological polar surface area (TPSA) is 51.7 Å². The van der Waals surface area contributed by atoms with Gasteiger partial charge in [0.25, 0.3) is 0 Å². The largest absolute Gasteiger partial charge is 0.491 e. The SMILES string of the molecule is CC(C)(C)OC(=O)N1CCC[C@@H]1COc1ccc(Cc2ccc(-c3nccs3)cc2)cc1. The molecule has 0 saturated carbocycles. The number of hydrogen-bond acceptors (Lipinski definition) is 5. The van der Waals surface area contributed by atoms with Crippen molar-refractivity contribution in [1.82, 2.24) is 9.88 Å². The number of likely N-dealkylation sites (tertiary alicyclic amines) is 1. The molecule has 1 aliphatic heterocycles. The van der Waals surface area contributed by atoms with Crippen molar-refractivity contribution in [2.45, 2.75) is 51.7 Å². The normalized spacial score (nSPS) is 16.2. The van der Waals surface area contributed by atoms with Crippen molar-refractivity contribution >= 4 is 17.4 Å². The molecule has 0 radical (unpaired) electrons. The maximum Gasteiger partial charge on any atom is 0.410 e. The molecule has 0 N–H and O–H groups in total. The van der Waals surface area contributed by atoms with Crippen molar-refractivity contribution in [1.29, 1.82) is 0 Å². The van der Waals surface area contributed by atoms with Gasteiger partial charge in [0.1, 0.15) is 23.0 Å². The van der Waals surface area contributed by atoms with E-state index in [1.807, 2.05) is 44.5 Å². The molecule has 4 rings (SSSR count). The third-order valence-corrected chi connectivity index (χ3v) is 6.23. The molecule has 1 atom stereocenters. The van der Waals surface area contributed by atoms with Crippen LogP contribution in [0.4, 0.5) is 4.79 Å². The Morgan fingerprint density at radius 1 is 1.09 bits per heavy atom. The molecule has 168 valence electrons. The molecule has 0 bridgehead atoms. The van der Waals surface area contributed by atoms with E-state index in [1.54, 1.807) is 16.2 Å². The number of nitrogens with zero attached hydrogens (tertiary/aromatic N) is 2. The molecule has 0 unspecified atom stereocenters. The number of thiazole rings is 1. The lowest BCUT2D eigenvalue weighted by Gasteiger charge is -2.28. The van der Waals surface area contributed by atoms with Gasteiger partial charge in [-0.25, -0.2) is 9.78 Å². The quantitative estimate of drug-likeness (QED) is 0.450. The van der Waals surface area contributed by atoms with E-state index >= 15 is 0 Å². The molecule has 1 fully saturated rings. The maximum atomic E-state index is 12.4. The van der Waals surface area contributed by atoms with Crippen LogP contribution >= 0.6 is 11.3 Å². The fourth-order valence-corrected chi connectivity index (χ4v) is 4.48. The van der Waals surface area contributed by atoms with Crippen LogP contribution < -0.4 is 4.74 Å². The van der Waals surface area contributed by atoms with Crippen LogP contribution in [-0.2, 0) is 11.2 Å². The fraction of sp³-hybridized carbons (Fsp3) is 0.385. The van der Waals surface area contributed by atoms with Crippen LogP contribution in [0.3, 0.4) is 0 Å². The Bertz CT molecular complexity index is 1010. The van der Waals surface area contributed by atoms with Gasteiger partial charge in [-0.2, -0.15) is 0 Å². The van der Waals surface area contributed by atoms with E-state index in [9.17, 15) is 4.79 Å². The molecule has 1 amide bonds. The Hall–Kier alpha value is -2.86. The third-order valence-electron chi connectivity index (χ3n) is 5.41. The van der Waals surface area contributed by atoms with Gasteiger partial charge in [-0.15, -0.1) is 11.3 Å². The van der Waals surface area contributed by atoms with Crippen LogP contribution in [0, 0.1) is 0 Å². The molecule has 32 heavy (non-hydrogen) atoms. The van der Waals surface area contributed by atoms with Crippen molar-refractivity contribution < 1.29 is 14.3 Å². The number of carbonyl (C=O) groups excluding carboxylic acids is 1. The van der Waals surface area contributed by atoms with Gasteiger partial charge in [0, 0.05) is 23.7 Å². The summed E-state index contributed by atoms with van der Waals surface area (Å²) in [5, 5.41) is 3.04. The molecular weight excluding hydrogens is 420 g/mol. The van der Waals surface area contributed by atoms with E-state index in [0.717, 1.165) is 42.1 Å². The zero-order valence-corrected chi connectivity index (χ0v) is 19.7. The Balaban J connectivity index is 1.30. The zero-order chi connectivity index (χ0) is 22.6. The standard InChI is InChI=1S/C26H30N2O3S/c1-26(2,3)31-25(29)28-15-4-5-22(28)18-30-23-12-8-20(9-13-23)17-19-6-10-21(11-7-19)24-27-14-16-32-24/h6-14,16,22H,4-5,15,17-18H2,1-3H3/t22-/m1/s1. The minimum atomic E-state index is -0.484. The molecule has 5 nitrogen and oxygen atoms in total. The van der Waals surface area contributed by atoms with Gasteiger partial charge >= 0.3 is 6.09 Å². The summed E-state index contributed by atoms with van der Waals surface area (Å²) in [6, 6.07) is 16.8. The highest BCUT2D eigenvalue weighted by Gasteiger charge is 2.32. The predicted octanol–water partition coefficient (Wildman–Crippen LogP) is 6.18. The Kier molecular flexibility index (Phi) is 6.80. The summed E-state index contributed by atoms with van der Waals surface area (Å²) in [6.45, 7) is 6.88. The highest BCUT2D eigenvalue weighted by atomic mass is 32.1. The fourth-order valence-electron chi connectivity index (χ4n) is 3.83. The maximum absolute atomic E-state index is 12.4. The van der Waals surface area contributed by atoms with Crippen LogP contribution in [0.5, 0.6) is 5.75 Å². The summed E-state index contributed by atoms with van der Waals surface area (Å²) in [5.41, 5.74) is 3.16. The van der Waals surface area contributed by atoms with Crippen molar-refractivity contribution in [2.75, 3.05) is 13.2 Å².